The molecule has 27 heavy (non-hydrogen) atoms. The summed E-state index contributed by atoms with van der Waals surface area (Å²) in [5.74, 6) is 0.224. The van der Waals surface area contributed by atoms with Crippen LogP contribution in [0, 0.1) is 12.8 Å². The van der Waals surface area contributed by atoms with Crippen LogP contribution in [0.3, 0.4) is 0 Å². The molecule has 2 fully saturated rings. The van der Waals surface area contributed by atoms with Gasteiger partial charge in [0.05, 0.1) is 11.5 Å². The summed E-state index contributed by atoms with van der Waals surface area (Å²) in [4.78, 5) is 27.6. The van der Waals surface area contributed by atoms with Crippen LogP contribution in [-0.4, -0.2) is 42.6 Å². The third-order valence-corrected chi connectivity index (χ3v) is 5.85. The lowest BCUT2D eigenvalue weighted by molar-refractivity contribution is -0.0442. The van der Waals surface area contributed by atoms with E-state index in [0.29, 0.717) is 36.2 Å². The molecule has 0 aliphatic carbocycles. The number of para-hydroxylation sites is 1. The van der Waals surface area contributed by atoms with Gasteiger partial charge in [-0.05, 0) is 44.7 Å². The van der Waals surface area contributed by atoms with E-state index < -0.39 is 0 Å². The van der Waals surface area contributed by atoms with Gasteiger partial charge in [-0.15, -0.1) is 0 Å². The molecule has 3 unspecified atom stereocenters. The zero-order valence-corrected chi connectivity index (χ0v) is 15.6. The van der Waals surface area contributed by atoms with Crippen molar-refractivity contribution in [3.05, 3.63) is 45.8 Å². The highest BCUT2D eigenvalue weighted by Gasteiger charge is 2.34. The molecule has 1 amide bonds. The summed E-state index contributed by atoms with van der Waals surface area (Å²) in [5.41, 5.74) is 6.78. The van der Waals surface area contributed by atoms with Gasteiger partial charge in [-0.2, -0.15) is 0 Å². The molecule has 144 valence electrons. The second-order valence-electron chi connectivity index (χ2n) is 7.73. The maximum Gasteiger partial charge on any atom is 0.290 e. The fourth-order valence-corrected chi connectivity index (χ4v) is 4.26. The standard InChI is InChI=1S/C21H26N2O4/c1-13-19(24)16-6-2-3-7-17(16)27-20(13)21(25)23-9-4-5-14(12-23)18-11-15(22)8-10-26-18/h2-3,6-7,14-15,18H,4-5,8-12,22H2,1H3. The third kappa shape index (κ3) is 3.51. The molecule has 0 spiro atoms. The van der Waals surface area contributed by atoms with Crippen molar-refractivity contribution in [3.8, 4) is 0 Å². The maximum atomic E-state index is 13.1. The van der Waals surface area contributed by atoms with E-state index in [2.05, 4.69) is 0 Å². The van der Waals surface area contributed by atoms with E-state index in [1.54, 1.807) is 36.1 Å². The Morgan fingerprint density at radius 1 is 1.26 bits per heavy atom. The number of nitrogens with two attached hydrogens (primary N) is 1. The first-order chi connectivity index (χ1) is 13.0. The number of fused-ring (bicyclic) bond motifs is 1. The van der Waals surface area contributed by atoms with E-state index in [-0.39, 0.29) is 35.2 Å². The van der Waals surface area contributed by atoms with Gasteiger partial charge in [0.25, 0.3) is 5.91 Å². The average Bonchev–Trinajstić information content (AvgIpc) is 2.70. The first-order valence-corrected chi connectivity index (χ1v) is 9.73. The molecular formula is C21H26N2O4. The number of carbonyl (C=O) groups is 1. The van der Waals surface area contributed by atoms with E-state index in [4.69, 9.17) is 14.9 Å². The number of nitrogens with zero attached hydrogens (tertiary/aromatic N) is 1. The minimum atomic E-state index is -0.208. The molecule has 1 aromatic carbocycles. The number of likely N-dealkylation sites (tertiary alicyclic amines) is 1. The predicted octanol–water partition coefficient (Wildman–Crippen LogP) is 2.46. The number of benzene rings is 1. The van der Waals surface area contributed by atoms with Crippen molar-refractivity contribution in [1.82, 2.24) is 4.90 Å². The molecule has 2 aliphatic rings. The van der Waals surface area contributed by atoms with Gasteiger partial charge in [-0.25, -0.2) is 0 Å². The molecule has 6 nitrogen and oxygen atoms in total. The number of carbonyl (C=O) groups excluding carboxylic acids is 1. The highest BCUT2D eigenvalue weighted by atomic mass is 16.5. The molecule has 2 N–H and O–H groups in total. The van der Waals surface area contributed by atoms with Crippen molar-refractivity contribution in [2.75, 3.05) is 19.7 Å². The first kappa shape index (κ1) is 18.2. The van der Waals surface area contributed by atoms with Crippen molar-refractivity contribution in [3.63, 3.8) is 0 Å². The summed E-state index contributed by atoms with van der Waals surface area (Å²) in [6.07, 6.45) is 3.79. The van der Waals surface area contributed by atoms with Crippen LogP contribution < -0.4 is 11.2 Å². The number of ether oxygens (including phenoxy) is 1. The molecular weight excluding hydrogens is 344 g/mol. The Labute approximate surface area is 158 Å². The van der Waals surface area contributed by atoms with E-state index in [1.165, 1.54) is 0 Å². The summed E-state index contributed by atoms with van der Waals surface area (Å²) in [5, 5.41) is 0.507. The molecule has 0 saturated carbocycles. The minimum absolute atomic E-state index is 0.106. The molecule has 6 heteroatoms. The molecule has 3 heterocycles. The van der Waals surface area contributed by atoms with Crippen LogP contribution in [0.15, 0.2) is 33.5 Å². The van der Waals surface area contributed by atoms with Crippen molar-refractivity contribution in [2.45, 2.75) is 44.8 Å². The van der Waals surface area contributed by atoms with Crippen LogP contribution in [0.25, 0.3) is 11.0 Å². The van der Waals surface area contributed by atoms with Crippen molar-refractivity contribution >= 4 is 16.9 Å². The normalized spacial score (nSPS) is 26.3. The Balaban J connectivity index is 1.58. The molecule has 2 saturated heterocycles. The van der Waals surface area contributed by atoms with Gasteiger partial charge in [-0.3, -0.25) is 9.59 Å². The molecule has 0 radical (unpaired) electrons. The first-order valence-electron chi connectivity index (χ1n) is 9.73. The number of hydrogen-bond acceptors (Lipinski definition) is 5. The molecule has 1 aromatic heterocycles. The Hall–Kier alpha value is -2.18. The van der Waals surface area contributed by atoms with Crippen LogP contribution in [0.1, 0.15) is 41.8 Å². The second-order valence-corrected chi connectivity index (χ2v) is 7.73. The van der Waals surface area contributed by atoms with Gasteiger partial charge >= 0.3 is 0 Å². The van der Waals surface area contributed by atoms with Gasteiger partial charge in [-0.1, -0.05) is 12.1 Å². The fraction of sp³-hybridized carbons (Fsp3) is 0.524. The SMILES string of the molecule is Cc1c(C(=O)N2CCCC(C3CC(N)CCO3)C2)oc2ccccc2c1=O. The number of piperidine rings is 1. The quantitative estimate of drug-likeness (QED) is 0.878. The number of hydrogen-bond donors (Lipinski definition) is 1. The monoisotopic (exact) mass is 370 g/mol. The highest BCUT2D eigenvalue weighted by Crippen LogP contribution is 2.28. The summed E-state index contributed by atoms with van der Waals surface area (Å²) >= 11 is 0. The van der Waals surface area contributed by atoms with Gasteiger partial charge in [0.1, 0.15) is 5.58 Å². The summed E-state index contributed by atoms with van der Waals surface area (Å²) in [6.45, 7) is 3.64. The van der Waals surface area contributed by atoms with E-state index in [0.717, 1.165) is 25.7 Å². The summed E-state index contributed by atoms with van der Waals surface area (Å²) in [7, 11) is 0. The van der Waals surface area contributed by atoms with Crippen molar-refractivity contribution in [2.24, 2.45) is 11.7 Å². The fourth-order valence-electron chi connectivity index (χ4n) is 4.26. The largest absolute Gasteiger partial charge is 0.450 e. The van der Waals surface area contributed by atoms with Crippen molar-refractivity contribution < 1.29 is 13.9 Å². The average molecular weight is 370 g/mol. The maximum absolute atomic E-state index is 13.1. The molecule has 3 atom stereocenters. The highest BCUT2D eigenvalue weighted by molar-refractivity contribution is 5.94. The Morgan fingerprint density at radius 2 is 2.07 bits per heavy atom. The Kier molecular flexibility index (Phi) is 5.02. The Bertz CT molecular complexity index is 907. The van der Waals surface area contributed by atoms with Gasteiger partial charge in [0.2, 0.25) is 0 Å². The topological polar surface area (TPSA) is 85.8 Å². The van der Waals surface area contributed by atoms with Crippen LogP contribution in [-0.2, 0) is 4.74 Å². The number of amides is 1. The molecule has 2 aliphatic heterocycles. The predicted molar refractivity (Wildman–Crippen MR) is 103 cm³/mol. The van der Waals surface area contributed by atoms with E-state index in [1.807, 2.05) is 0 Å². The number of rotatable bonds is 2. The second kappa shape index (κ2) is 7.44. The summed E-state index contributed by atoms with van der Waals surface area (Å²) in [6, 6.07) is 7.22. The van der Waals surface area contributed by atoms with E-state index >= 15 is 0 Å². The van der Waals surface area contributed by atoms with Crippen LogP contribution in [0.5, 0.6) is 0 Å². The van der Waals surface area contributed by atoms with Crippen molar-refractivity contribution in [1.29, 1.82) is 0 Å². The minimum Gasteiger partial charge on any atom is -0.450 e. The zero-order valence-electron chi connectivity index (χ0n) is 15.6. The van der Waals surface area contributed by atoms with E-state index in [9.17, 15) is 9.59 Å². The zero-order chi connectivity index (χ0) is 19.0. The molecule has 2 aromatic rings. The van der Waals surface area contributed by atoms with Crippen LogP contribution in [0.4, 0.5) is 0 Å². The molecule has 0 bridgehead atoms. The smallest absolute Gasteiger partial charge is 0.290 e. The molecule has 4 rings (SSSR count). The van der Waals surface area contributed by atoms with Gasteiger partial charge in [0.15, 0.2) is 11.2 Å². The lowest BCUT2D eigenvalue weighted by atomic mass is 9.87. The van der Waals surface area contributed by atoms with Crippen LogP contribution in [0.2, 0.25) is 0 Å². The van der Waals surface area contributed by atoms with Gasteiger partial charge in [0, 0.05) is 37.2 Å². The van der Waals surface area contributed by atoms with Crippen LogP contribution >= 0.6 is 0 Å². The lowest BCUT2D eigenvalue weighted by Crippen LogP contribution is -2.47. The summed E-state index contributed by atoms with van der Waals surface area (Å²) < 4.78 is 11.8. The van der Waals surface area contributed by atoms with Gasteiger partial charge < -0.3 is 19.8 Å². The lowest BCUT2D eigenvalue weighted by Gasteiger charge is -2.39. The Morgan fingerprint density at radius 3 is 2.89 bits per heavy atom. The third-order valence-electron chi connectivity index (χ3n) is 5.85.